The number of rotatable bonds is 7. The highest BCUT2D eigenvalue weighted by Gasteiger charge is 2.78. The van der Waals surface area contributed by atoms with Crippen LogP contribution in [0.5, 0.6) is 11.5 Å². The quantitative estimate of drug-likeness (QED) is 0.403. The van der Waals surface area contributed by atoms with Gasteiger partial charge in [-0.05, 0) is 43.1 Å². The predicted octanol–water partition coefficient (Wildman–Crippen LogP) is 3.33. The fraction of sp³-hybridized carbons (Fsp3) is 0.500. The minimum absolute atomic E-state index is 0.0401. The standard InChI is InChI=1S/C32H38N2O7/c1-6-30-14-9-16-34-17-15-31(27(30)34)23-13-12-21(38-4)18-24(23)33(3)28(31)32(37,29(30)41-20(2)35)19-40-26(36)22-10-7-8-11-25(22)39-5/h7-14,18,27-29,37H,6,15-17,19H2,1-5H3/t27-,28+,29+,30+,31+,32-/m0/s1. The van der Waals surface area contributed by atoms with Crippen LogP contribution in [-0.2, 0) is 19.7 Å². The molecule has 1 N–H and O–H groups in total. The van der Waals surface area contributed by atoms with Crippen LogP contribution in [-0.4, -0.2) is 86.7 Å². The Morgan fingerprint density at radius 3 is 2.59 bits per heavy atom. The fourth-order valence-electron chi connectivity index (χ4n) is 8.68. The molecule has 0 aromatic heterocycles. The maximum absolute atomic E-state index is 13.4. The molecular formula is C32H38N2O7. The Balaban J connectivity index is 1.54. The number of methoxy groups -OCH3 is 2. The molecule has 0 unspecified atom stereocenters. The zero-order valence-electron chi connectivity index (χ0n) is 24.3. The Hall–Kier alpha value is -3.56. The molecule has 6 rings (SSSR count). The number of carbonyl (C=O) groups excluding carboxylic acids is 2. The summed E-state index contributed by atoms with van der Waals surface area (Å²) in [6.45, 7) is 4.68. The molecule has 2 fully saturated rings. The molecule has 41 heavy (non-hydrogen) atoms. The molecule has 9 heteroatoms. The van der Waals surface area contributed by atoms with Gasteiger partial charge in [-0.2, -0.15) is 0 Å². The van der Waals surface area contributed by atoms with Gasteiger partial charge < -0.3 is 29.0 Å². The van der Waals surface area contributed by atoms with Crippen LogP contribution < -0.4 is 14.4 Å². The molecule has 3 heterocycles. The second-order valence-corrected chi connectivity index (χ2v) is 11.7. The van der Waals surface area contributed by atoms with E-state index < -0.39 is 40.5 Å². The number of fused-ring (bicyclic) bond motifs is 1. The summed E-state index contributed by atoms with van der Waals surface area (Å²) in [6, 6.07) is 12.3. The van der Waals surface area contributed by atoms with Crippen LogP contribution in [0.2, 0.25) is 0 Å². The van der Waals surface area contributed by atoms with E-state index in [1.54, 1.807) is 31.4 Å². The summed E-state index contributed by atoms with van der Waals surface area (Å²) >= 11 is 0. The number of esters is 2. The van der Waals surface area contributed by atoms with Crippen LogP contribution in [0.3, 0.4) is 0 Å². The van der Waals surface area contributed by atoms with E-state index in [1.807, 2.05) is 19.2 Å². The van der Waals surface area contributed by atoms with Gasteiger partial charge in [0.25, 0.3) is 0 Å². The van der Waals surface area contributed by atoms with Gasteiger partial charge >= 0.3 is 11.9 Å². The lowest BCUT2D eigenvalue weighted by atomic mass is 9.48. The highest BCUT2D eigenvalue weighted by Crippen LogP contribution is 2.67. The first-order chi connectivity index (χ1) is 19.7. The van der Waals surface area contributed by atoms with Gasteiger partial charge in [-0.25, -0.2) is 4.79 Å². The van der Waals surface area contributed by atoms with E-state index in [1.165, 1.54) is 14.0 Å². The first-order valence-electron chi connectivity index (χ1n) is 14.2. The molecule has 0 amide bonds. The average Bonchev–Trinajstić information content (AvgIpc) is 3.50. The molecule has 0 radical (unpaired) electrons. The maximum atomic E-state index is 13.4. The Bertz CT molecular complexity index is 1410. The fourth-order valence-corrected chi connectivity index (χ4v) is 8.68. The van der Waals surface area contributed by atoms with Crippen molar-refractivity contribution in [1.82, 2.24) is 4.90 Å². The lowest BCUT2D eigenvalue weighted by Crippen LogP contribution is -2.80. The van der Waals surface area contributed by atoms with E-state index >= 15 is 0 Å². The molecule has 0 bridgehead atoms. The highest BCUT2D eigenvalue weighted by molar-refractivity contribution is 5.92. The molecule has 1 saturated carbocycles. The van der Waals surface area contributed by atoms with Crippen molar-refractivity contribution >= 4 is 17.6 Å². The first kappa shape index (κ1) is 27.6. The van der Waals surface area contributed by atoms with Gasteiger partial charge in [0.05, 0.1) is 20.3 Å². The van der Waals surface area contributed by atoms with Gasteiger partial charge in [0, 0.05) is 49.1 Å². The van der Waals surface area contributed by atoms with Gasteiger partial charge in [-0.15, -0.1) is 0 Å². The smallest absolute Gasteiger partial charge is 0.342 e. The van der Waals surface area contributed by atoms with Gasteiger partial charge in [-0.1, -0.05) is 37.3 Å². The van der Waals surface area contributed by atoms with Crippen molar-refractivity contribution in [2.24, 2.45) is 5.41 Å². The molecule has 3 aliphatic heterocycles. The molecule has 1 aliphatic carbocycles. The number of hydrogen-bond donors (Lipinski definition) is 1. The number of benzene rings is 2. The molecule has 9 nitrogen and oxygen atoms in total. The summed E-state index contributed by atoms with van der Waals surface area (Å²) in [5, 5.41) is 13.1. The van der Waals surface area contributed by atoms with E-state index in [2.05, 4.69) is 34.9 Å². The molecule has 1 saturated heterocycles. The number of para-hydroxylation sites is 1. The second kappa shape index (κ2) is 9.77. The van der Waals surface area contributed by atoms with E-state index in [4.69, 9.17) is 18.9 Å². The van der Waals surface area contributed by atoms with E-state index in [0.29, 0.717) is 17.9 Å². The SMILES string of the molecule is CC[C@]12C=CCN3CC[C@@]4(c5ccc(OC)cc5N(C)[C@H]4[C@@](O)(COC(=O)c4ccccc4OC)[C@@H]1OC(C)=O)[C@@H]32. The normalized spacial score (nSPS) is 33.0. The number of hydrogen-bond acceptors (Lipinski definition) is 9. The lowest BCUT2D eigenvalue weighted by Gasteiger charge is -2.64. The van der Waals surface area contributed by atoms with Crippen LogP contribution >= 0.6 is 0 Å². The number of nitrogens with zero attached hydrogens (tertiary/aromatic N) is 2. The van der Waals surface area contributed by atoms with Gasteiger partial charge in [0.1, 0.15) is 29.8 Å². The Labute approximate surface area is 240 Å². The van der Waals surface area contributed by atoms with Crippen LogP contribution in [0.1, 0.15) is 42.6 Å². The molecule has 218 valence electrons. The van der Waals surface area contributed by atoms with Crippen LogP contribution in [0.4, 0.5) is 5.69 Å². The van der Waals surface area contributed by atoms with Crippen LogP contribution in [0.25, 0.3) is 0 Å². The Morgan fingerprint density at radius 2 is 1.88 bits per heavy atom. The monoisotopic (exact) mass is 562 g/mol. The summed E-state index contributed by atoms with van der Waals surface area (Å²) in [4.78, 5) is 30.7. The molecule has 2 aromatic rings. The number of anilines is 1. The Kier molecular flexibility index (Phi) is 6.58. The zero-order valence-corrected chi connectivity index (χ0v) is 24.3. The van der Waals surface area contributed by atoms with E-state index in [9.17, 15) is 14.7 Å². The van der Waals surface area contributed by atoms with Gasteiger partial charge in [0.2, 0.25) is 0 Å². The van der Waals surface area contributed by atoms with Crippen molar-refractivity contribution in [1.29, 1.82) is 0 Å². The highest BCUT2D eigenvalue weighted by atomic mass is 16.6. The van der Waals surface area contributed by atoms with Gasteiger partial charge in [-0.3, -0.25) is 9.69 Å². The summed E-state index contributed by atoms with van der Waals surface area (Å²) in [7, 11) is 5.08. The Morgan fingerprint density at radius 1 is 1.10 bits per heavy atom. The minimum Gasteiger partial charge on any atom is -0.497 e. The number of aliphatic hydroxyl groups is 1. The topological polar surface area (TPSA) is 97.8 Å². The van der Waals surface area contributed by atoms with Crippen LogP contribution in [0, 0.1) is 5.41 Å². The average molecular weight is 563 g/mol. The molecule has 4 aliphatic rings. The predicted molar refractivity (Wildman–Crippen MR) is 152 cm³/mol. The lowest BCUT2D eigenvalue weighted by molar-refractivity contribution is -0.228. The third-order valence-electron chi connectivity index (χ3n) is 9.98. The third kappa shape index (κ3) is 3.68. The summed E-state index contributed by atoms with van der Waals surface area (Å²) < 4.78 is 23.1. The minimum atomic E-state index is -1.76. The molecule has 1 spiro atoms. The molecule has 6 atom stereocenters. The summed E-state index contributed by atoms with van der Waals surface area (Å²) in [6.07, 6.45) is 4.70. The van der Waals surface area contributed by atoms with Crippen molar-refractivity contribution in [2.45, 2.75) is 55.9 Å². The third-order valence-corrected chi connectivity index (χ3v) is 9.98. The van der Waals surface area contributed by atoms with Gasteiger partial charge in [0.15, 0.2) is 5.60 Å². The number of carbonyl (C=O) groups is 2. The van der Waals surface area contributed by atoms with Crippen molar-refractivity contribution in [3.63, 3.8) is 0 Å². The van der Waals surface area contributed by atoms with Crippen molar-refractivity contribution in [3.8, 4) is 11.5 Å². The van der Waals surface area contributed by atoms with Crippen molar-refractivity contribution < 1.29 is 33.6 Å². The van der Waals surface area contributed by atoms with Crippen LogP contribution in [0.15, 0.2) is 54.6 Å². The van der Waals surface area contributed by atoms with Crippen molar-refractivity contribution in [3.05, 3.63) is 65.7 Å². The zero-order chi connectivity index (χ0) is 29.2. The summed E-state index contributed by atoms with van der Waals surface area (Å²) in [5.74, 6) is -0.0155. The molecule has 2 aromatic carbocycles. The summed E-state index contributed by atoms with van der Waals surface area (Å²) in [5.41, 5.74) is -0.650. The van der Waals surface area contributed by atoms with E-state index in [-0.39, 0.29) is 18.2 Å². The van der Waals surface area contributed by atoms with E-state index in [0.717, 1.165) is 30.8 Å². The van der Waals surface area contributed by atoms with Crippen molar-refractivity contribution in [2.75, 3.05) is 45.9 Å². The first-order valence-corrected chi connectivity index (χ1v) is 14.2. The number of likely N-dealkylation sites (N-methyl/N-ethyl adjacent to an activating group) is 1. The maximum Gasteiger partial charge on any atom is 0.342 e. The largest absolute Gasteiger partial charge is 0.497 e. The second-order valence-electron chi connectivity index (χ2n) is 11.7. The molecular weight excluding hydrogens is 524 g/mol. The number of ether oxygens (including phenoxy) is 4.